The molecule has 2 heterocycles. The molecule has 0 saturated heterocycles. The van der Waals surface area contributed by atoms with Crippen molar-refractivity contribution >= 4 is 0 Å². The molecule has 0 atom stereocenters. The molecule has 96 valence electrons. The predicted octanol–water partition coefficient (Wildman–Crippen LogP) is 2.55. The second-order valence-corrected chi connectivity index (χ2v) is 4.63. The van der Waals surface area contributed by atoms with Gasteiger partial charge in [-0.3, -0.25) is 4.98 Å². The Morgan fingerprint density at radius 1 is 1.33 bits per heavy atom. The van der Waals surface area contributed by atoms with Crippen LogP contribution in [0, 0.1) is 12.8 Å². The molecule has 2 aromatic rings. The summed E-state index contributed by atoms with van der Waals surface area (Å²) in [7, 11) is 0. The summed E-state index contributed by atoms with van der Waals surface area (Å²) in [5, 5.41) is 3.90. The van der Waals surface area contributed by atoms with Gasteiger partial charge in [0.1, 0.15) is 5.75 Å². The van der Waals surface area contributed by atoms with Gasteiger partial charge in [-0.05, 0) is 25.0 Å². The minimum Gasteiger partial charge on any atom is -0.482 e. The number of nitrogens with zero attached hydrogens (tertiary/aromatic N) is 3. The Kier molecular flexibility index (Phi) is 3.92. The smallest absolute Gasteiger partial charge is 0.264 e. The first-order valence-electron chi connectivity index (χ1n) is 6.00. The summed E-state index contributed by atoms with van der Waals surface area (Å²) in [6, 6.07) is 3.76. The number of hydrogen-bond acceptors (Lipinski definition) is 5. The van der Waals surface area contributed by atoms with E-state index in [1.54, 1.807) is 6.20 Å². The highest BCUT2D eigenvalue weighted by atomic mass is 16.5. The lowest BCUT2D eigenvalue weighted by Gasteiger charge is -2.02. The first-order valence-corrected chi connectivity index (χ1v) is 6.00. The van der Waals surface area contributed by atoms with Crippen molar-refractivity contribution in [2.45, 2.75) is 33.8 Å². The van der Waals surface area contributed by atoms with Crippen LogP contribution in [0.25, 0.3) is 0 Å². The van der Waals surface area contributed by atoms with E-state index in [9.17, 15) is 0 Å². The summed E-state index contributed by atoms with van der Waals surface area (Å²) in [4.78, 5) is 8.40. The molecule has 0 aliphatic carbocycles. The average Bonchev–Trinajstić information content (AvgIpc) is 2.75. The second kappa shape index (κ2) is 5.62. The lowest BCUT2D eigenvalue weighted by Crippen LogP contribution is -1.99. The van der Waals surface area contributed by atoms with E-state index in [0.29, 0.717) is 17.6 Å². The van der Waals surface area contributed by atoms with Gasteiger partial charge in [-0.2, -0.15) is 4.98 Å². The Balaban J connectivity index is 1.90. The molecule has 0 aliphatic rings. The zero-order chi connectivity index (χ0) is 13.0. The number of aryl methyl sites for hydroxylation is 1. The molecular formula is C13H17N3O2. The third kappa shape index (κ3) is 3.55. The van der Waals surface area contributed by atoms with Gasteiger partial charge < -0.3 is 9.26 Å². The molecule has 0 unspecified atom stereocenters. The summed E-state index contributed by atoms with van der Waals surface area (Å²) in [6.07, 6.45) is 2.50. The summed E-state index contributed by atoms with van der Waals surface area (Å²) in [6.45, 7) is 6.44. The van der Waals surface area contributed by atoms with Gasteiger partial charge in [0.2, 0.25) is 0 Å². The molecule has 0 aliphatic heterocycles. The summed E-state index contributed by atoms with van der Waals surface area (Å²) < 4.78 is 10.6. The van der Waals surface area contributed by atoms with Gasteiger partial charge in [0.15, 0.2) is 12.4 Å². The molecule has 0 aromatic carbocycles. The van der Waals surface area contributed by atoms with Crippen molar-refractivity contribution in [2.75, 3.05) is 0 Å². The van der Waals surface area contributed by atoms with Crippen molar-refractivity contribution in [3.05, 3.63) is 35.7 Å². The van der Waals surface area contributed by atoms with Crippen LogP contribution in [-0.4, -0.2) is 15.1 Å². The van der Waals surface area contributed by atoms with Crippen LogP contribution >= 0.6 is 0 Å². The van der Waals surface area contributed by atoms with Crippen molar-refractivity contribution in [3.8, 4) is 5.75 Å². The first-order chi connectivity index (χ1) is 8.63. The summed E-state index contributed by atoms with van der Waals surface area (Å²) >= 11 is 0. The van der Waals surface area contributed by atoms with E-state index in [4.69, 9.17) is 9.26 Å². The third-order valence-corrected chi connectivity index (χ3v) is 2.35. The predicted molar refractivity (Wildman–Crippen MR) is 66.1 cm³/mol. The van der Waals surface area contributed by atoms with Crippen molar-refractivity contribution in [1.82, 2.24) is 15.1 Å². The minimum atomic E-state index is 0.274. The molecule has 5 heteroatoms. The van der Waals surface area contributed by atoms with Gasteiger partial charge in [0.25, 0.3) is 5.89 Å². The fourth-order valence-corrected chi connectivity index (χ4v) is 1.48. The molecule has 0 N–H and O–H groups in total. The normalized spacial score (nSPS) is 10.9. The number of aromatic nitrogens is 3. The number of pyridine rings is 1. The molecule has 2 aromatic heterocycles. The standard InChI is InChI=1S/C13H17N3O2/c1-9(2)6-12-15-13(18-16-12)8-17-11-5-4-10(3)14-7-11/h4-5,7,9H,6,8H2,1-3H3. The SMILES string of the molecule is Cc1ccc(OCc2nc(CC(C)C)no2)cn1. The van der Waals surface area contributed by atoms with Crippen LogP contribution in [0.3, 0.4) is 0 Å². The largest absolute Gasteiger partial charge is 0.482 e. The molecule has 0 spiro atoms. The van der Waals surface area contributed by atoms with E-state index < -0.39 is 0 Å². The van der Waals surface area contributed by atoms with E-state index in [1.807, 2.05) is 19.1 Å². The molecule has 0 fully saturated rings. The van der Waals surface area contributed by atoms with Crippen LogP contribution in [0.5, 0.6) is 5.75 Å². The second-order valence-electron chi connectivity index (χ2n) is 4.63. The highest BCUT2D eigenvalue weighted by Crippen LogP contribution is 2.11. The maximum atomic E-state index is 5.51. The molecule has 0 radical (unpaired) electrons. The van der Waals surface area contributed by atoms with Crippen LogP contribution in [0.15, 0.2) is 22.9 Å². The maximum absolute atomic E-state index is 5.51. The number of ether oxygens (including phenoxy) is 1. The van der Waals surface area contributed by atoms with Crippen molar-refractivity contribution in [1.29, 1.82) is 0 Å². The highest BCUT2D eigenvalue weighted by molar-refractivity contribution is 5.19. The number of hydrogen-bond donors (Lipinski definition) is 0. The molecule has 5 nitrogen and oxygen atoms in total. The monoisotopic (exact) mass is 247 g/mol. The summed E-state index contributed by atoms with van der Waals surface area (Å²) in [5.74, 6) is 2.43. The Bertz CT molecular complexity index is 491. The van der Waals surface area contributed by atoms with Crippen LogP contribution in [-0.2, 0) is 13.0 Å². The van der Waals surface area contributed by atoms with Gasteiger partial charge in [-0.15, -0.1) is 0 Å². The van der Waals surface area contributed by atoms with Gasteiger partial charge in [0.05, 0.1) is 6.20 Å². The molecule has 2 rings (SSSR count). The zero-order valence-electron chi connectivity index (χ0n) is 10.9. The highest BCUT2D eigenvalue weighted by Gasteiger charge is 2.08. The van der Waals surface area contributed by atoms with Crippen molar-refractivity contribution in [3.63, 3.8) is 0 Å². The topological polar surface area (TPSA) is 61.0 Å². The first kappa shape index (κ1) is 12.5. The van der Waals surface area contributed by atoms with Gasteiger partial charge in [-0.25, -0.2) is 0 Å². The molecular weight excluding hydrogens is 230 g/mol. The fraction of sp³-hybridized carbons (Fsp3) is 0.462. The van der Waals surface area contributed by atoms with Gasteiger partial charge in [0, 0.05) is 12.1 Å². The fourth-order valence-electron chi connectivity index (χ4n) is 1.48. The zero-order valence-corrected chi connectivity index (χ0v) is 10.9. The quantitative estimate of drug-likeness (QED) is 0.812. The van der Waals surface area contributed by atoms with E-state index in [-0.39, 0.29) is 6.61 Å². The molecule has 18 heavy (non-hydrogen) atoms. The van der Waals surface area contributed by atoms with E-state index >= 15 is 0 Å². The lowest BCUT2D eigenvalue weighted by molar-refractivity contribution is 0.241. The van der Waals surface area contributed by atoms with Gasteiger partial charge >= 0.3 is 0 Å². The maximum Gasteiger partial charge on any atom is 0.264 e. The number of rotatable bonds is 5. The van der Waals surface area contributed by atoms with Crippen molar-refractivity contribution in [2.24, 2.45) is 5.92 Å². The van der Waals surface area contributed by atoms with Crippen LogP contribution < -0.4 is 4.74 Å². The van der Waals surface area contributed by atoms with Crippen LogP contribution in [0.2, 0.25) is 0 Å². The molecule has 0 amide bonds. The minimum absolute atomic E-state index is 0.274. The summed E-state index contributed by atoms with van der Waals surface area (Å²) in [5.41, 5.74) is 0.958. The Morgan fingerprint density at radius 3 is 2.83 bits per heavy atom. The van der Waals surface area contributed by atoms with Crippen molar-refractivity contribution < 1.29 is 9.26 Å². The average molecular weight is 247 g/mol. The third-order valence-electron chi connectivity index (χ3n) is 2.35. The molecule has 0 saturated carbocycles. The molecule has 0 bridgehead atoms. The van der Waals surface area contributed by atoms with E-state index in [2.05, 4.69) is 29.0 Å². The Hall–Kier alpha value is -1.91. The lowest BCUT2D eigenvalue weighted by atomic mass is 10.1. The van der Waals surface area contributed by atoms with Crippen LogP contribution in [0.1, 0.15) is 31.3 Å². The van der Waals surface area contributed by atoms with E-state index in [0.717, 1.165) is 17.9 Å². The van der Waals surface area contributed by atoms with Gasteiger partial charge in [-0.1, -0.05) is 19.0 Å². The Morgan fingerprint density at radius 2 is 2.17 bits per heavy atom. The Labute approximate surface area is 106 Å². The van der Waals surface area contributed by atoms with E-state index in [1.165, 1.54) is 0 Å². The van der Waals surface area contributed by atoms with Crippen LogP contribution in [0.4, 0.5) is 0 Å².